The second kappa shape index (κ2) is 6.99. The van der Waals surface area contributed by atoms with Crippen LogP contribution >= 0.6 is 0 Å². The van der Waals surface area contributed by atoms with Gasteiger partial charge in [-0.05, 0) is 71.9 Å². The van der Waals surface area contributed by atoms with Crippen LogP contribution in [0.2, 0.25) is 0 Å². The second-order valence-electron chi connectivity index (χ2n) is 7.87. The van der Waals surface area contributed by atoms with E-state index in [1.165, 1.54) is 32.1 Å². The normalized spacial score (nSPS) is 23.6. The first-order valence-corrected chi connectivity index (χ1v) is 8.60. The Morgan fingerprint density at radius 1 is 1.19 bits per heavy atom. The molecule has 2 N–H and O–H groups in total. The van der Waals surface area contributed by atoms with Gasteiger partial charge < -0.3 is 15.4 Å². The first-order chi connectivity index (χ1) is 9.89. The fourth-order valence-corrected chi connectivity index (χ4v) is 3.77. The lowest BCUT2D eigenvalue weighted by atomic mass is 9.74. The summed E-state index contributed by atoms with van der Waals surface area (Å²) in [6.45, 7) is 8.01. The van der Waals surface area contributed by atoms with Gasteiger partial charge in [0.2, 0.25) is 0 Å². The molecule has 4 nitrogen and oxygen atoms in total. The maximum absolute atomic E-state index is 12.2. The van der Waals surface area contributed by atoms with E-state index in [0.29, 0.717) is 0 Å². The molecule has 1 saturated heterocycles. The molecule has 1 aliphatic carbocycles. The SMILES string of the molecule is CC(C)(C)OC(=O)NC1(CC2CCNCC2)CCCCC1. The Bertz CT molecular complexity index is 337. The lowest BCUT2D eigenvalue weighted by Gasteiger charge is -2.41. The van der Waals surface area contributed by atoms with E-state index in [9.17, 15) is 4.79 Å². The Kier molecular flexibility index (Phi) is 5.53. The summed E-state index contributed by atoms with van der Waals surface area (Å²) in [5.74, 6) is 0.735. The van der Waals surface area contributed by atoms with E-state index < -0.39 is 5.60 Å². The minimum absolute atomic E-state index is 0.0252. The number of ether oxygens (including phenoxy) is 1. The Morgan fingerprint density at radius 3 is 2.38 bits per heavy atom. The van der Waals surface area contributed by atoms with Crippen LogP contribution in [0, 0.1) is 5.92 Å². The molecule has 1 heterocycles. The summed E-state index contributed by atoms with van der Waals surface area (Å²) in [6, 6.07) is 0. The van der Waals surface area contributed by atoms with Crippen molar-refractivity contribution in [3.63, 3.8) is 0 Å². The quantitative estimate of drug-likeness (QED) is 0.836. The molecule has 122 valence electrons. The summed E-state index contributed by atoms with van der Waals surface area (Å²) in [4.78, 5) is 12.2. The molecule has 0 atom stereocenters. The number of hydrogen-bond donors (Lipinski definition) is 2. The van der Waals surface area contributed by atoms with Gasteiger partial charge in [0, 0.05) is 5.54 Å². The third-order valence-corrected chi connectivity index (χ3v) is 4.71. The molecular weight excluding hydrogens is 264 g/mol. The highest BCUT2D eigenvalue weighted by Gasteiger charge is 2.37. The first kappa shape index (κ1) is 16.6. The molecule has 0 unspecified atom stereocenters. The highest BCUT2D eigenvalue weighted by Crippen LogP contribution is 2.36. The number of amides is 1. The molecule has 2 aliphatic rings. The average Bonchev–Trinajstić information content (AvgIpc) is 2.38. The molecule has 0 spiro atoms. The Hall–Kier alpha value is -0.770. The summed E-state index contributed by atoms with van der Waals surface area (Å²) in [5, 5.41) is 6.68. The van der Waals surface area contributed by atoms with Crippen molar-refractivity contribution in [1.82, 2.24) is 10.6 Å². The summed E-state index contributed by atoms with van der Waals surface area (Å²) in [6.07, 6.45) is 9.31. The maximum Gasteiger partial charge on any atom is 0.408 e. The van der Waals surface area contributed by atoms with Crippen LogP contribution in [0.1, 0.15) is 72.1 Å². The summed E-state index contributed by atoms with van der Waals surface area (Å²) in [7, 11) is 0. The second-order valence-corrected chi connectivity index (χ2v) is 7.87. The summed E-state index contributed by atoms with van der Waals surface area (Å²) >= 11 is 0. The van der Waals surface area contributed by atoms with Crippen LogP contribution in [0.4, 0.5) is 4.79 Å². The maximum atomic E-state index is 12.2. The molecule has 4 heteroatoms. The topological polar surface area (TPSA) is 50.4 Å². The molecule has 0 aromatic heterocycles. The number of hydrogen-bond acceptors (Lipinski definition) is 3. The van der Waals surface area contributed by atoms with E-state index in [2.05, 4.69) is 10.6 Å². The Morgan fingerprint density at radius 2 is 1.81 bits per heavy atom. The molecule has 1 aliphatic heterocycles. The molecule has 0 aromatic rings. The Labute approximate surface area is 129 Å². The van der Waals surface area contributed by atoms with Gasteiger partial charge in [-0.1, -0.05) is 19.3 Å². The van der Waals surface area contributed by atoms with Gasteiger partial charge in [-0.25, -0.2) is 4.79 Å². The predicted molar refractivity (Wildman–Crippen MR) is 85.4 cm³/mol. The first-order valence-electron chi connectivity index (χ1n) is 8.60. The van der Waals surface area contributed by atoms with E-state index in [1.54, 1.807) is 0 Å². The number of piperidine rings is 1. The van der Waals surface area contributed by atoms with Crippen LogP contribution in [-0.2, 0) is 4.74 Å². The lowest BCUT2D eigenvalue weighted by molar-refractivity contribution is 0.0392. The van der Waals surface area contributed by atoms with Crippen LogP contribution in [0.25, 0.3) is 0 Å². The minimum atomic E-state index is -0.422. The zero-order valence-corrected chi connectivity index (χ0v) is 14.0. The van der Waals surface area contributed by atoms with Gasteiger partial charge in [-0.15, -0.1) is 0 Å². The third-order valence-electron chi connectivity index (χ3n) is 4.71. The zero-order valence-electron chi connectivity index (χ0n) is 14.0. The standard InChI is InChI=1S/C17H32N2O2/c1-16(2,3)21-15(20)19-17(9-5-4-6-10-17)13-14-7-11-18-12-8-14/h14,18H,4-13H2,1-3H3,(H,19,20). The number of carbonyl (C=O) groups excluding carboxylic acids is 1. The van der Waals surface area contributed by atoms with E-state index in [4.69, 9.17) is 4.74 Å². The lowest BCUT2D eigenvalue weighted by Crippen LogP contribution is -2.52. The van der Waals surface area contributed by atoms with Gasteiger partial charge in [0.1, 0.15) is 5.60 Å². The highest BCUT2D eigenvalue weighted by molar-refractivity contribution is 5.68. The van der Waals surface area contributed by atoms with Crippen LogP contribution in [0.15, 0.2) is 0 Å². The molecule has 0 radical (unpaired) electrons. The van der Waals surface area contributed by atoms with Gasteiger partial charge in [0.05, 0.1) is 0 Å². The fraction of sp³-hybridized carbons (Fsp3) is 0.941. The Balaban J connectivity index is 1.97. The molecular formula is C17H32N2O2. The summed E-state index contributed by atoms with van der Waals surface area (Å²) < 4.78 is 5.49. The number of nitrogens with one attached hydrogen (secondary N) is 2. The smallest absolute Gasteiger partial charge is 0.408 e. The average molecular weight is 296 g/mol. The molecule has 0 bridgehead atoms. The van der Waals surface area contributed by atoms with Crippen LogP contribution in [0.3, 0.4) is 0 Å². The molecule has 2 fully saturated rings. The van der Waals surface area contributed by atoms with Crippen LogP contribution in [0.5, 0.6) is 0 Å². The minimum Gasteiger partial charge on any atom is -0.444 e. The summed E-state index contributed by atoms with van der Waals surface area (Å²) in [5.41, 5.74) is -0.447. The monoisotopic (exact) mass is 296 g/mol. The van der Waals surface area contributed by atoms with Crippen molar-refractivity contribution in [2.45, 2.75) is 83.3 Å². The molecule has 1 saturated carbocycles. The van der Waals surface area contributed by atoms with Crippen molar-refractivity contribution >= 4 is 6.09 Å². The zero-order chi connectivity index (χ0) is 15.3. The fourth-order valence-electron chi connectivity index (χ4n) is 3.77. The van der Waals surface area contributed by atoms with Crippen molar-refractivity contribution < 1.29 is 9.53 Å². The largest absolute Gasteiger partial charge is 0.444 e. The van der Waals surface area contributed by atoms with E-state index in [1.807, 2.05) is 20.8 Å². The van der Waals surface area contributed by atoms with E-state index in [0.717, 1.165) is 38.3 Å². The predicted octanol–water partition coefficient (Wildman–Crippen LogP) is 3.60. The van der Waals surface area contributed by atoms with Crippen molar-refractivity contribution in [3.8, 4) is 0 Å². The molecule has 2 rings (SSSR count). The van der Waals surface area contributed by atoms with Crippen LogP contribution < -0.4 is 10.6 Å². The van der Waals surface area contributed by atoms with Crippen molar-refractivity contribution in [2.24, 2.45) is 5.92 Å². The van der Waals surface area contributed by atoms with Gasteiger partial charge in [0.15, 0.2) is 0 Å². The van der Waals surface area contributed by atoms with Gasteiger partial charge in [-0.3, -0.25) is 0 Å². The van der Waals surface area contributed by atoms with Crippen molar-refractivity contribution in [3.05, 3.63) is 0 Å². The number of carbonyl (C=O) groups is 1. The molecule has 21 heavy (non-hydrogen) atoms. The van der Waals surface area contributed by atoms with Crippen LogP contribution in [-0.4, -0.2) is 30.3 Å². The number of rotatable bonds is 3. The van der Waals surface area contributed by atoms with Gasteiger partial charge >= 0.3 is 6.09 Å². The molecule has 1 amide bonds. The highest BCUT2D eigenvalue weighted by atomic mass is 16.6. The van der Waals surface area contributed by atoms with E-state index >= 15 is 0 Å². The van der Waals surface area contributed by atoms with Crippen molar-refractivity contribution in [2.75, 3.05) is 13.1 Å². The number of alkyl carbamates (subject to hydrolysis) is 1. The third kappa shape index (κ3) is 5.50. The van der Waals surface area contributed by atoms with Crippen molar-refractivity contribution in [1.29, 1.82) is 0 Å². The van der Waals surface area contributed by atoms with Gasteiger partial charge in [0.25, 0.3) is 0 Å². The molecule has 0 aromatic carbocycles. The van der Waals surface area contributed by atoms with Gasteiger partial charge in [-0.2, -0.15) is 0 Å². The van der Waals surface area contributed by atoms with E-state index in [-0.39, 0.29) is 11.6 Å².